The van der Waals surface area contributed by atoms with E-state index in [0.717, 1.165) is 25.4 Å². The van der Waals surface area contributed by atoms with Crippen molar-refractivity contribution >= 4 is 0 Å². The lowest BCUT2D eigenvalue weighted by Gasteiger charge is -2.30. The lowest BCUT2D eigenvalue weighted by atomic mass is 9.99. The number of hydrogen-bond acceptors (Lipinski definition) is 3. The van der Waals surface area contributed by atoms with E-state index in [0.29, 0.717) is 11.8 Å². The zero-order chi connectivity index (χ0) is 14.4. The summed E-state index contributed by atoms with van der Waals surface area (Å²) in [6, 6.07) is 7.95. The molecule has 0 saturated carbocycles. The van der Waals surface area contributed by atoms with Gasteiger partial charge < -0.3 is 15.3 Å². The van der Waals surface area contributed by atoms with Gasteiger partial charge in [0.1, 0.15) is 5.75 Å². The number of likely N-dealkylation sites (tertiary alicyclic amines) is 1. The third-order valence-corrected chi connectivity index (χ3v) is 4.40. The molecule has 1 aliphatic heterocycles. The standard InChI is InChI=1S/C17H28N2O/c1-3-17(15-4-6-16(20)7-5-15)18-10-13-19-11-8-14(2)9-12-19/h4-7,14,17-18,20H,3,8-13H2,1-2H3. The van der Waals surface area contributed by atoms with Gasteiger partial charge in [-0.3, -0.25) is 0 Å². The second kappa shape index (κ2) is 7.65. The van der Waals surface area contributed by atoms with E-state index >= 15 is 0 Å². The number of benzene rings is 1. The minimum absolute atomic E-state index is 0.339. The molecule has 20 heavy (non-hydrogen) atoms. The van der Waals surface area contributed by atoms with Gasteiger partial charge in [-0.05, 0) is 56.0 Å². The lowest BCUT2D eigenvalue weighted by Crippen LogP contribution is -2.38. The van der Waals surface area contributed by atoms with E-state index in [1.54, 1.807) is 12.1 Å². The van der Waals surface area contributed by atoms with E-state index in [1.165, 1.54) is 31.5 Å². The Labute approximate surface area is 123 Å². The molecule has 0 radical (unpaired) electrons. The predicted octanol–water partition coefficient (Wildman–Crippen LogP) is 3.16. The molecule has 3 heteroatoms. The van der Waals surface area contributed by atoms with Crippen LogP contribution in [-0.4, -0.2) is 36.2 Å². The fraction of sp³-hybridized carbons (Fsp3) is 0.647. The average molecular weight is 276 g/mol. The van der Waals surface area contributed by atoms with Crippen LogP contribution in [0.4, 0.5) is 0 Å². The monoisotopic (exact) mass is 276 g/mol. The molecule has 0 aliphatic carbocycles. The van der Waals surface area contributed by atoms with E-state index in [4.69, 9.17) is 0 Å². The van der Waals surface area contributed by atoms with Crippen molar-refractivity contribution in [3.8, 4) is 5.75 Å². The highest BCUT2D eigenvalue weighted by Crippen LogP contribution is 2.19. The molecular formula is C17H28N2O. The predicted molar refractivity (Wildman–Crippen MR) is 84.0 cm³/mol. The van der Waals surface area contributed by atoms with Gasteiger partial charge in [0.15, 0.2) is 0 Å². The van der Waals surface area contributed by atoms with Crippen LogP contribution in [0.5, 0.6) is 5.75 Å². The minimum atomic E-state index is 0.339. The molecule has 2 N–H and O–H groups in total. The molecule has 3 nitrogen and oxygen atoms in total. The molecule has 2 rings (SSSR count). The van der Waals surface area contributed by atoms with Crippen LogP contribution in [0.1, 0.15) is 44.7 Å². The Morgan fingerprint density at radius 3 is 2.50 bits per heavy atom. The fourth-order valence-electron chi connectivity index (χ4n) is 2.89. The SMILES string of the molecule is CCC(NCCN1CCC(C)CC1)c1ccc(O)cc1. The molecule has 1 heterocycles. The third kappa shape index (κ3) is 4.50. The highest BCUT2D eigenvalue weighted by Gasteiger charge is 2.15. The molecule has 1 aromatic rings. The number of hydrogen-bond donors (Lipinski definition) is 2. The number of nitrogens with one attached hydrogen (secondary N) is 1. The van der Waals surface area contributed by atoms with Gasteiger partial charge in [-0.25, -0.2) is 0 Å². The molecule has 0 spiro atoms. The van der Waals surface area contributed by atoms with Crippen molar-refractivity contribution in [1.82, 2.24) is 10.2 Å². The number of nitrogens with zero attached hydrogens (tertiary/aromatic N) is 1. The van der Waals surface area contributed by atoms with Gasteiger partial charge in [-0.2, -0.15) is 0 Å². The van der Waals surface area contributed by atoms with Crippen LogP contribution in [0, 0.1) is 5.92 Å². The Morgan fingerprint density at radius 1 is 1.25 bits per heavy atom. The number of piperidine rings is 1. The Morgan fingerprint density at radius 2 is 1.90 bits per heavy atom. The average Bonchev–Trinajstić information content (AvgIpc) is 2.47. The molecular weight excluding hydrogens is 248 g/mol. The smallest absolute Gasteiger partial charge is 0.115 e. The first-order chi connectivity index (χ1) is 9.69. The number of phenols is 1. The zero-order valence-electron chi connectivity index (χ0n) is 12.8. The van der Waals surface area contributed by atoms with Gasteiger partial charge in [0.25, 0.3) is 0 Å². The van der Waals surface area contributed by atoms with Crippen molar-refractivity contribution in [2.24, 2.45) is 5.92 Å². The summed E-state index contributed by atoms with van der Waals surface area (Å²) >= 11 is 0. The topological polar surface area (TPSA) is 35.5 Å². The highest BCUT2D eigenvalue weighted by atomic mass is 16.3. The van der Waals surface area contributed by atoms with Crippen molar-refractivity contribution in [2.75, 3.05) is 26.2 Å². The normalized spacial score (nSPS) is 19.1. The summed E-state index contributed by atoms with van der Waals surface area (Å²) in [6.45, 7) is 9.23. The van der Waals surface area contributed by atoms with E-state index in [-0.39, 0.29) is 0 Å². The molecule has 1 atom stereocenters. The van der Waals surface area contributed by atoms with Gasteiger partial charge in [-0.15, -0.1) is 0 Å². The van der Waals surface area contributed by atoms with Gasteiger partial charge in [0.2, 0.25) is 0 Å². The summed E-state index contributed by atoms with van der Waals surface area (Å²) in [6.07, 6.45) is 3.76. The van der Waals surface area contributed by atoms with Crippen LogP contribution in [0.25, 0.3) is 0 Å². The molecule has 0 amide bonds. The Kier molecular flexibility index (Phi) is 5.86. The van der Waals surface area contributed by atoms with Crippen LogP contribution in [0.2, 0.25) is 0 Å². The molecule has 0 aromatic heterocycles. The summed E-state index contributed by atoms with van der Waals surface area (Å²) < 4.78 is 0. The van der Waals surface area contributed by atoms with Gasteiger partial charge in [0, 0.05) is 19.1 Å². The maximum absolute atomic E-state index is 9.35. The maximum Gasteiger partial charge on any atom is 0.115 e. The minimum Gasteiger partial charge on any atom is -0.508 e. The maximum atomic E-state index is 9.35. The second-order valence-electron chi connectivity index (χ2n) is 6.03. The molecule has 1 fully saturated rings. The van der Waals surface area contributed by atoms with Crippen LogP contribution >= 0.6 is 0 Å². The van der Waals surface area contributed by atoms with Crippen molar-refractivity contribution in [2.45, 2.75) is 39.2 Å². The lowest BCUT2D eigenvalue weighted by molar-refractivity contribution is 0.191. The Bertz CT molecular complexity index is 382. The third-order valence-electron chi connectivity index (χ3n) is 4.40. The van der Waals surface area contributed by atoms with Gasteiger partial charge >= 0.3 is 0 Å². The summed E-state index contributed by atoms with van der Waals surface area (Å²) in [5, 5.41) is 13.0. The van der Waals surface area contributed by atoms with Gasteiger partial charge in [0.05, 0.1) is 0 Å². The summed E-state index contributed by atoms with van der Waals surface area (Å²) in [5.74, 6) is 1.24. The number of aromatic hydroxyl groups is 1. The fourth-order valence-corrected chi connectivity index (χ4v) is 2.89. The molecule has 1 unspecified atom stereocenters. The van der Waals surface area contributed by atoms with Crippen molar-refractivity contribution in [1.29, 1.82) is 0 Å². The quantitative estimate of drug-likeness (QED) is 0.838. The largest absolute Gasteiger partial charge is 0.508 e. The highest BCUT2D eigenvalue weighted by molar-refractivity contribution is 5.27. The second-order valence-corrected chi connectivity index (χ2v) is 6.03. The first-order valence-corrected chi connectivity index (χ1v) is 7.93. The molecule has 0 bridgehead atoms. The van der Waals surface area contributed by atoms with E-state index in [9.17, 15) is 5.11 Å². The molecule has 1 saturated heterocycles. The van der Waals surface area contributed by atoms with Crippen LogP contribution in [0.3, 0.4) is 0 Å². The van der Waals surface area contributed by atoms with Crippen LogP contribution in [-0.2, 0) is 0 Å². The zero-order valence-corrected chi connectivity index (χ0v) is 12.8. The molecule has 1 aliphatic rings. The van der Waals surface area contributed by atoms with E-state index in [2.05, 4.69) is 24.1 Å². The number of phenolic OH excluding ortho intramolecular Hbond substituents is 1. The van der Waals surface area contributed by atoms with Crippen molar-refractivity contribution in [3.63, 3.8) is 0 Å². The summed E-state index contributed by atoms with van der Waals surface area (Å²) in [4.78, 5) is 2.57. The van der Waals surface area contributed by atoms with Gasteiger partial charge in [-0.1, -0.05) is 26.0 Å². The Hall–Kier alpha value is -1.06. The Balaban J connectivity index is 1.75. The molecule has 1 aromatic carbocycles. The van der Waals surface area contributed by atoms with Crippen molar-refractivity contribution < 1.29 is 5.11 Å². The number of rotatable bonds is 6. The summed E-state index contributed by atoms with van der Waals surface area (Å²) in [7, 11) is 0. The summed E-state index contributed by atoms with van der Waals surface area (Å²) in [5.41, 5.74) is 1.26. The van der Waals surface area contributed by atoms with Crippen LogP contribution in [0.15, 0.2) is 24.3 Å². The first kappa shape index (κ1) is 15.3. The van der Waals surface area contributed by atoms with Crippen LogP contribution < -0.4 is 5.32 Å². The van der Waals surface area contributed by atoms with Crippen molar-refractivity contribution in [3.05, 3.63) is 29.8 Å². The first-order valence-electron chi connectivity index (χ1n) is 7.93. The van der Waals surface area contributed by atoms with E-state index in [1.807, 2.05) is 12.1 Å². The van der Waals surface area contributed by atoms with E-state index < -0.39 is 0 Å². The molecule has 112 valence electrons.